The molecule has 2 aromatic carbocycles. The first kappa shape index (κ1) is 17.1. The Bertz CT molecular complexity index is 1070. The van der Waals surface area contributed by atoms with Crippen LogP contribution < -0.4 is 10.1 Å². The van der Waals surface area contributed by atoms with Gasteiger partial charge in [-0.25, -0.2) is 4.98 Å². The molecule has 0 unspecified atom stereocenters. The average Bonchev–Trinajstić information content (AvgIpc) is 3.11. The van der Waals surface area contributed by atoms with Crippen molar-refractivity contribution < 1.29 is 4.74 Å². The van der Waals surface area contributed by atoms with Crippen LogP contribution >= 0.6 is 0 Å². The molecule has 0 aliphatic heterocycles. The lowest BCUT2D eigenvalue weighted by molar-refractivity contribution is 0.340. The van der Waals surface area contributed by atoms with Gasteiger partial charge >= 0.3 is 0 Å². The van der Waals surface area contributed by atoms with Gasteiger partial charge in [0.25, 0.3) is 0 Å². The van der Waals surface area contributed by atoms with Gasteiger partial charge in [0.15, 0.2) is 5.65 Å². The Balaban J connectivity index is 1.78. The summed E-state index contributed by atoms with van der Waals surface area (Å²) < 4.78 is 7.40. The zero-order chi connectivity index (χ0) is 18.8. The smallest absolute Gasteiger partial charge is 0.165 e. The van der Waals surface area contributed by atoms with E-state index in [2.05, 4.69) is 29.5 Å². The maximum Gasteiger partial charge on any atom is 0.165 e. The van der Waals surface area contributed by atoms with Gasteiger partial charge in [-0.2, -0.15) is 9.61 Å². The highest BCUT2D eigenvalue weighted by atomic mass is 16.5. The van der Waals surface area contributed by atoms with Gasteiger partial charge in [0.2, 0.25) is 0 Å². The van der Waals surface area contributed by atoms with Crippen LogP contribution in [0.1, 0.15) is 18.2 Å². The SMILES string of the molecule is CCOc1ccc(Nc2c(C)c(C)nc3c(-c4ccccc4)cnn23)cc1. The summed E-state index contributed by atoms with van der Waals surface area (Å²) in [6, 6.07) is 18.2. The summed E-state index contributed by atoms with van der Waals surface area (Å²) in [4.78, 5) is 4.79. The minimum absolute atomic E-state index is 0.658. The van der Waals surface area contributed by atoms with E-state index < -0.39 is 0 Å². The molecule has 0 radical (unpaired) electrons. The predicted molar refractivity (Wildman–Crippen MR) is 109 cm³/mol. The van der Waals surface area contributed by atoms with Crippen LogP contribution in [0.25, 0.3) is 16.8 Å². The first-order chi connectivity index (χ1) is 13.2. The van der Waals surface area contributed by atoms with Crippen LogP contribution in [0.15, 0.2) is 60.8 Å². The fourth-order valence-electron chi connectivity index (χ4n) is 3.09. The lowest BCUT2D eigenvalue weighted by atomic mass is 10.1. The third kappa shape index (κ3) is 3.24. The Morgan fingerprint density at radius 3 is 2.44 bits per heavy atom. The third-order valence-corrected chi connectivity index (χ3v) is 4.64. The summed E-state index contributed by atoms with van der Waals surface area (Å²) in [6.45, 7) is 6.72. The van der Waals surface area contributed by atoms with Crippen molar-refractivity contribution in [1.29, 1.82) is 0 Å². The van der Waals surface area contributed by atoms with Crippen LogP contribution in [0.3, 0.4) is 0 Å². The molecule has 1 N–H and O–H groups in total. The van der Waals surface area contributed by atoms with E-state index in [0.29, 0.717) is 6.61 Å². The normalized spacial score (nSPS) is 10.9. The summed E-state index contributed by atoms with van der Waals surface area (Å²) >= 11 is 0. The molecule has 0 bridgehead atoms. The third-order valence-electron chi connectivity index (χ3n) is 4.64. The van der Waals surface area contributed by atoms with E-state index >= 15 is 0 Å². The molecule has 5 nitrogen and oxygen atoms in total. The van der Waals surface area contributed by atoms with Crippen molar-refractivity contribution in [1.82, 2.24) is 14.6 Å². The first-order valence-corrected chi connectivity index (χ1v) is 9.07. The molecule has 0 aliphatic rings. The number of nitrogens with zero attached hydrogens (tertiary/aromatic N) is 3. The number of aromatic nitrogens is 3. The number of ether oxygens (including phenoxy) is 1. The number of nitrogens with one attached hydrogen (secondary N) is 1. The fraction of sp³-hybridized carbons (Fsp3) is 0.182. The Morgan fingerprint density at radius 2 is 1.74 bits per heavy atom. The molecule has 0 saturated heterocycles. The molecule has 136 valence electrons. The first-order valence-electron chi connectivity index (χ1n) is 9.07. The van der Waals surface area contributed by atoms with Crippen LogP contribution in [0.2, 0.25) is 0 Å². The van der Waals surface area contributed by atoms with Crippen molar-refractivity contribution in [2.45, 2.75) is 20.8 Å². The van der Waals surface area contributed by atoms with E-state index in [1.807, 2.05) is 67.0 Å². The van der Waals surface area contributed by atoms with Crippen LogP contribution in [-0.4, -0.2) is 21.2 Å². The maximum atomic E-state index is 5.52. The zero-order valence-corrected chi connectivity index (χ0v) is 15.7. The summed E-state index contributed by atoms with van der Waals surface area (Å²) in [5, 5.41) is 8.10. The second-order valence-electron chi connectivity index (χ2n) is 6.41. The van der Waals surface area contributed by atoms with Gasteiger partial charge in [0.05, 0.1) is 12.8 Å². The summed E-state index contributed by atoms with van der Waals surface area (Å²) in [5.41, 5.74) is 6.00. The van der Waals surface area contributed by atoms with E-state index in [1.165, 1.54) is 0 Å². The number of hydrogen-bond donors (Lipinski definition) is 1. The number of anilines is 2. The van der Waals surface area contributed by atoms with Crippen molar-refractivity contribution in [3.05, 3.63) is 72.1 Å². The van der Waals surface area contributed by atoms with Crippen LogP contribution in [0.5, 0.6) is 5.75 Å². The molecule has 0 fully saturated rings. The number of rotatable bonds is 5. The van der Waals surface area contributed by atoms with E-state index in [4.69, 9.17) is 9.72 Å². The molecule has 2 heterocycles. The topological polar surface area (TPSA) is 51.5 Å². The van der Waals surface area contributed by atoms with E-state index in [-0.39, 0.29) is 0 Å². The Hall–Kier alpha value is -3.34. The number of aryl methyl sites for hydroxylation is 1. The number of benzene rings is 2. The van der Waals surface area contributed by atoms with Gasteiger partial charge in [0.1, 0.15) is 11.6 Å². The van der Waals surface area contributed by atoms with Gasteiger partial charge < -0.3 is 10.1 Å². The second-order valence-corrected chi connectivity index (χ2v) is 6.41. The molecule has 4 aromatic rings. The molecular formula is C22H22N4O. The summed E-state index contributed by atoms with van der Waals surface area (Å²) in [5.74, 6) is 1.78. The highest BCUT2D eigenvalue weighted by Crippen LogP contribution is 2.29. The van der Waals surface area contributed by atoms with E-state index in [1.54, 1.807) is 0 Å². The fourth-order valence-corrected chi connectivity index (χ4v) is 3.09. The highest BCUT2D eigenvalue weighted by molar-refractivity contribution is 5.79. The predicted octanol–water partition coefficient (Wildman–Crippen LogP) is 5.16. The monoisotopic (exact) mass is 358 g/mol. The van der Waals surface area contributed by atoms with Crippen molar-refractivity contribution in [2.24, 2.45) is 0 Å². The van der Waals surface area contributed by atoms with Gasteiger partial charge in [-0.1, -0.05) is 30.3 Å². The summed E-state index contributed by atoms with van der Waals surface area (Å²) in [7, 11) is 0. The van der Waals surface area contributed by atoms with Crippen molar-refractivity contribution in [2.75, 3.05) is 11.9 Å². The van der Waals surface area contributed by atoms with Gasteiger partial charge in [-0.15, -0.1) is 0 Å². The molecule has 4 rings (SSSR count). The zero-order valence-electron chi connectivity index (χ0n) is 15.7. The van der Waals surface area contributed by atoms with Crippen molar-refractivity contribution in [3.8, 4) is 16.9 Å². The molecule has 0 saturated carbocycles. The van der Waals surface area contributed by atoms with Crippen molar-refractivity contribution >= 4 is 17.2 Å². The molecule has 0 atom stereocenters. The Labute approximate surface area is 158 Å². The number of hydrogen-bond acceptors (Lipinski definition) is 4. The molecule has 0 aliphatic carbocycles. The van der Waals surface area contributed by atoms with E-state index in [0.717, 1.165) is 45.3 Å². The van der Waals surface area contributed by atoms with Gasteiger partial charge in [-0.3, -0.25) is 0 Å². The molecule has 0 spiro atoms. The van der Waals surface area contributed by atoms with Crippen LogP contribution in [-0.2, 0) is 0 Å². The molecule has 2 aromatic heterocycles. The molecule has 5 heteroatoms. The lowest BCUT2D eigenvalue weighted by Crippen LogP contribution is -2.06. The lowest BCUT2D eigenvalue weighted by Gasteiger charge is -2.14. The van der Waals surface area contributed by atoms with Crippen LogP contribution in [0, 0.1) is 13.8 Å². The standard InChI is InChI=1S/C22H22N4O/c1-4-27-19-12-10-18(11-13-19)25-21-15(2)16(3)24-22-20(14-23-26(21)22)17-8-6-5-7-9-17/h5-14,25H,4H2,1-3H3. The summed E-state index contributed by atoms with van der Waals surface area (Å²) in [6.07, 6.45) is 1.87. The van der Waals surface area contributed by atoms with Gasteiger partial charge in [-0.05, 0) is 50.6 Å². The van der Waals surface area contributed by atoms with Crippen LogP contribution in [0.4, 0.5) is 11.5 Å². The molecule has 0 amide bonds. The molecule has 27 heavy (non-hydrogen) atoms. The molecular weight excluding hydrogens is 336 g/mol. The highest BCUT2D eigenvalue weighted by Gasteiger charge is 2.15. The quantitative estimate of drug-likeness (QED) is 0.536. The Morgan fingerprint density at radius 1 is 1.00 bits per heavy atom. The van der Waals surface area contributed by atoms with E-state index in [9.17, 15) is 0 Å². The van der Waals surface area contributed by atoms with Crippen molar-refractivity contribution in [3.63, 3.8) is 0 Å². The maximum absolute atomic E-state index is 5.52. The average molecular weight is 358 g/mol. The van der Waals surface area contributed by atoms with Gasteiger partial charge in [0, 0.05) is 22.5 Å². The largest absolute Gasteiger partial charge is 0.494 e. The minimum Gasteiger partial charge on any atom is -0.494 e. The Kier molecular flexibility index (Phi) is 4.50. The second kappa shape index (κ2) is 7.11. The number of fused-ring (bicyclic) bond motifs is 1. The minimum atomic E-state index is 0.658.